The van der Waals surface area contributed by atoms with Crippen molar-refractivity contribution >= 4 is 28.9 Å². The molecule has 4 nitrogen and oxygen atoms in total. The molecule has 0 aliphatic carbocycles. The number of carbonyl (C=O) groups is 1. The van der Waals surface area contributed by atoms with Crippen LogP contribution >= 0.6 is 11.6 Å². The van der Waals surface area contributed by atoms with Gasteiger partial charge in [-0.05, 0) is 48.4 Å². The summed E-state index contributed by atoms with van der Waals surface area (Å²) in [5, 5.41) is 15.2. The van der Waals surface area contributed by atoms with Gasteiger partial charge in [0.1, 0.15) is 0 Å². The van der Waals surface area contributed by atoms with Crippen molar-refractivity contribution in [2.24, 2.45) is 0 Å². The zero-order chi connectivity index (χ0) is 14.8. The predicted octanol–water partition coefficient (Wildman–Crippen LogP) is 3.43. The van der Waals surface area contributed by atoms with Gasteiger partial charge < -0.3 is 10.6 Å². The van der Waals surface area contributed by atoms with Crippen molar-refractivity contribution in [1.29, 1.82) is 5.26 Å². The summed E-state index contributed by atoms with van der Waals surface area (Å²) in [6, 6.07) is 12.4. The molecule has 0 bridgehead atoms. The second kappa shape index (κ2) is 5.47. The van der Waals surface area contributed by atoms with Crippen LogP contribution in [0.25, 0.3) is 0 Å². The highest BCUT2D eigenvalue weighted by molar-refractivity contribution is 6.34. The van der Waals surface area contributed by atoms with Crippen LogP contribution in [0, 0.1) is 11.3 Å². The Hall–Kier alpha value is -2.51. The lowest BCUT2D eigenvalue weighted by atomic mass is 10.1. The van der Waals surface area contributed by atoms with Crippen molar-refractivity contribution in [3.63, 3.8) is 0 Å². The Morgan fingerprint density at radius 1 is 1.29 bits per heavy atom. The van der Waals surface area contributed by atoms with E-state index < -0.39 is 0 Å². The summed E-state index contributed by atoms with van der Waals surface area (Å²) in [5.41, 5.74) is 3.79. The number of carbonyl (C=O) groups excluding carboxylic acids is 1. The van der Waals surface area contributed by atoms with Crippen molar-refractivity contribution in [3.05, 3.63) is 58.1 Å². The van der Waals surface area contributed by atoms with Crippen LogP contribution in [0.3, 0.4) is 0 Å². The summed E-state index contributed by atoms with van der Waals surface area (Å²) in [5.74, 6) is -0.212. The molecule has 1 aliphatic rings. The average molecular weight is 298 g/mol. The Balaban J connectivity index is 1.82. The fraction of sp³-hybridized carbons (Fsp3) is 0.125. The number of fused-ring (bicyclic) bond motifs is 1. The first-order chi connectivity index (χ1) is 10.2. The molecule has 0 saturated carbocycles. The van der Waals surface area contributed by atoms with Gasteiger partial charge in [0.25, 0.3) is 5.91 Å². The molecular weight excluding hydrogens is 286 g/mol. The van der Waals surface area contributed by atoms with Crippen molar-refractivity contribution in [2.45, 2.75) is 6.42 Å². The van der Waals surface area contributed by atoms with Gasteiger partial charge in [-0.15, -0.1) is 0 Å². The van der Waals surface area contributed by atoms with Crippen LogP contribution in [-0.2, 0) is 6.42 Å². The van der Waals surface area contributed by atoms with E-state index in [-0.39, 0.29) is 5.91 Å². The maximum absolute atomic E-state index is 12.3. The highest BCUT2D eigenvalue weighted by atomic mass is 35.5. The monoisotopic (exact) mass is 297 g/mol. The molecule has 0 atom stereocenters. The highest BCUT2D eigenvalue weighted by Gasteiger charge is 2.14. The minimum absolute atomic E-state index is 0.212. The van der Waals surface area contributed by atoms with Crippen LogP contribution < -0.4 is 10.6 Å². The first kappa shape index (κ1) is 13.5. The van der Waals surface area contributed by atoms with Crippen LogP contribution in [-0.4, -0.2) is 12.5 Å². The number of anilines is 2. The zero-order valence-corrected chi connectivity index (χ0v) is 11.9. The van der Waals surface area contributed by atoms with E-state index in [1.807, 2.05) is 18.2 Å². The van der Waals surface area contributed by atoms with Crippen LogP contribution in [0.1, 0.15) is 21.5 Å². The first-order valence-corrected chi connectivity index (χ1v) is 6.93. The Morgan fingerprint density at radius 2 is 2.14 bits per heavy atom. The van der Waals surface area contributed by atoms with E-state index in [0.29, 0.717) is 21.8 Å². The highest BCUT2D eigenvalue weighted by Crippen LogP contribution is 2.26. The molecule has 2 aromatic rings. The van der Waals surface area contributed by atoms with Crippen molar-refractivity contribution in [1.82, 2.24) is 0 Å². The summed E-state index contributed by atoms with van der Waals surface area (Å²) >= 11 is 6.06. The molecule has 2 aromatic carbocycles. The van der Waals surface area contributed by atoms with E-state index >= 15 is 0 Å². The first-order valence-electron chi connectivity index (χ1n) is 6.55. The Labute approximate surface area is 127 Å². The van der Waals surface area contributed by atoms with Gasteiger partial charge in [0, 0.05) is 17.8 Å². The lowest BCUT2D eigenvalue weighted by Crippen LogP contribution is -2.12. The van der Waals surface area contributed by atoms with E-state index in [1.54, 1.807) is 18.2 Å². The molecule has 0 spiro atoms. The molecule has 0 radical (unpaired) electrons. The quantitative estimate of drug-likeness (QED) is 0.892. The van der Waals surface area contributed by atoms with E-state index in [4.69, 9.17) is 16.9 Å². The molecule has 1 heterocycles. The molecule has 0 aromatic heterocycles. The SMILES string of the molecule is N#Cc1ccc(NC(=O)c2ccc3c(c2)CCN3)c(Cl)c1. The number of hydrogen-bond donors (Lipinski definition) is 2. The number of nitrogens with zero attached hydrogens (tertiary/aromatic N) is 1. The fourth-order valence-electron chi connectivity index (χ4n) is 2.33. The smallest absolute Gasteiger partial charge is 0.255 e. The largest absolute Gasteiger partial charge is 0.384 e. The van der Waals surface area contributed by atoms with Crippen molar-refractivity contribution in [3.8, 4) is 6.07 Å². The van der Waals surface area contributed by atoms with Crippen LogP contribution in [0.15, 0.2) is 36.4 Å². The molecule has 21 heavy (non-hydrogen) atoms. The number of amides is 1. The molecular formula is C16H12ClN3O. The fourth-order valence-corrected chi connectivity index (χ4v) is 2.55. The predicted molar refractivity (Wildman–Crippen MR) is 82.8 cm³/mol. The third-order valence-electron chi connectivity index (χ3n) is 3.42. The van der Waals surface area contributed by atoms with Gasteiger partial charge in [-0.3, -0.25) is 4.79 Å². The van der Waals surface area contributed by atoms with Gasteiger partial charge in [-0.2, -0.15) is 5.26 Å². The number of benzene rings is 2. The summed E-state index contributed by atoms with van der Waals surface area (Å²) in [7, 11) is 0. The summed E-state index contributed by atoms with van der Waals surface area (Å²) < 4.78 is 0. The molecule has 5 heteroatoms. The number of halogens is 1. The van der Waals surface area contributed by atoms with E-state index in [9.17, 15) is 4.79 Å². The van der Waals surface area contributed by atoms with E-state index in [0.717, 1.165) is 24.2 Å². The Morgan fingerprint density at radius 3 is 2.90 bits per heavy atom. The third kappa shape index (κ3) is 2.69. The summed E-state index contributed by atoms with van der Waals surface area (Å²) in [6.07, 6.45) is 0.925. The van der Waals surface area contributed by atoms with Crippen molar-refractivity contribution < 1.29 is 4.79 Å². The van der Waals surface area contributed by atoms with Gasteiger partial charge in [-0.1, -0.05) is 11.6 Å². The third-order valence-corrected chi connectivity index (χ3v) is 3.74. The topological polar surface area (TPSA) is 64.9 Å². The molecule has 0 saturated heterocycles. The van der Waals surface area contributed by atoms with Gasteiger partial charge in [0.05, 0.1) is 22.3 Å². The molecule has 3 rings (SSSR count). The van der Waals surface area contributed by atoms with Crippen molar-refractivity contribution in [2.75, 3.05) is 17.2 Å². The van der Waals surface area contributed by atoms with Gasteiger partial charge in [-0.25, -0.2) is 0 Å². The summed E-state index contributed by atoms with van der Waals surface area (Å²) in [6.45, 7) is 0.905. The van der Waals surface area contributed by atoms with E-state index in [1.165, 1.54) is 6.07 Å². The number of nitriles is 1. The van der Waals surface area contributed by atoms with Crippen LogP contribution in [0.5, 0.6) is 0 Å². The molecule has 2 N–H and O–H groups in total. The lowest BCUT2D eigenvalue weighted by molar-refractivity contribution is 0.102. The maximum Gasteiger partial charge on any atom is 0.255 e. The molecule has 0 fully saturated rings. The molecule has 0 unspecified atom stereocenters. The number of rotatable bonds is 2. The van der Waals surface area contributed by atoms with Gasteiger partial charge in [0.15, 0.2) is 0 Å². The number of hydrogen-bond acceptors (Lipinski definition) is 3. The average Bonchev–Trinajstić information content (AvgIpc) is 2.96. The minimum Gasteiger partial charge on any atom is -0.384 e. The molecule has 1 aliphatic heterocycles. The van der Waals surface area contributed by atoms with Crippen LogP contribution in [0.2, 0.25) is 5.02 Å². The normalized spacial score (nSPS) is 12.2. The van der Waals surface area contributed by atoms with Gasteiger partial charge in [0.2, 0.25) is 0 Å². The van der Waals surface area contributed by atoms with E-state index in [2.05, 4.69) is 10.6 Å². The Kier molecular flexibility index (Phi) is 3.51. The molecule has 104 valence electrons. The lowest BCUT2D eigenvalue weighted by Gasteiger charge is -2.08. The standard InChI is InChI=1S/C16H12ClN3O/c17-13-7-10(9-18)1-3-15(13)20-16(21)12-2-4-14-11(8-12)5-6-19-14/h1-4,7-8,19H,5-6H2,(H,20,21). The Bertz CT molecular complexity index is 765. The second-order valence-electron chi connectivity index (χ2n) is 4.81. The summed E-state index contributed by atoms with van der Waals surface area (Å²) in [4.78, 5) is 12.3. The molecule has 1 amide bonds. The number of nitrogens with one attached hydrogen (secondary N) is 2. The minimum atomic E-state index is -0.212. The zero-order valence-electron chi connectivity index (χ0n) is 11.1. The second-order valence-corrected chi connectivity index (χ2v) is 5.22. The van der Waals surface area contributed by atoms with Crippen LogP contribution in [0.4, 0.5) is 11.4 Å². The maximum atomic E-state index is 12.3. The van der Waals surface area contributed by atoms with Gasteiger partial charge >= 0.3 is 0 Å².